The van der Waals surface area contributed by atoms with Crippen molar-refractivity contribution in [2.24, 2.45) is 11.8 Å². The summed E-state index contributed by atoms with van der Waals surface area (Å²) in [6.07, 6.45) is 2.37. The average Bonchev–Trinajstić information content (AvgIpc) is 2.84. The number of hydrogen-bond donors (Lipinski definition) is 2. The van der Waals surface area contributed by atoms with Gasteiger partial charge in [-0.1, -0.05) is 6.92 Å². The van der Waals surface area contributed by atoms with E-state index in [1.807, 2.05) is 6.92 Å². The summed E-state index contributed by atoms with van der Waals surface area (Å²) in [6.45, 7) is 2.60. The number of carbonyl (C=O) groups excluding carboxylic acids is 2. The molecule has 0 bridgehead atoms. The van der Waals surface area contributed by atoms with Crippen LogP contribution in [0.15, 0.2) is 0 Å². The number of carbonyl (C=O) groups is 3. The van der Waals surface area contributed by atoms with Gasteiger partial charge in [-0.2, -0.15) is 0 Å². The summed E-state index contributed by atoms with van der Waals surface area (Å²) in [7, 11) is 1.59. The molecule has 1 aliphatic rings. The lowest BCUT2D eigenvalue weighted by Crippen LogP contribution is -2.40. The van der Waals surface area contributed by atoms with Gasteiger partial charge >= 0.3 is 5.97 Å². The highest BCUT2D eigenvalue weighted by Gasteiger charge is 2.35. The van der Waals surface area contributed by atoms with Gasteiger partial charge in [0.15, 0.2) is 0 Å². The fraction of sp³-hybridized carbons (Fsp3) is 0.769. The van der Waals surface area contributed by atoms with Crippen LogP contribution in [0.2, 0.25) is 0 Å². The summed E-state index contributed by atoms with van der Waals surface area (Å²) in [4.78, 5) is 35.8. The van der Waals surface area contributed by atoms with E-state index in [1.165, 1.54) is 4.90 Å². The molecule has 1 saturated carbocycles. The number of aliphatic carboxylic acids is 1. The van der Waals surface area contributed by atoms with Crippen molar-refractivity contribution in [3.63, 3.8) is 0 Å². The number of nitrogens with one attached hydrogen (secondary N) is 1. The van der Waals surface area contributed by atoms with Crippen LogP contribution in [0.1, 0.15) is 32.6 Å². The van der Waals surface area contributed by atoms with Gasteiger partial charge in [-0.05, 0) is 25.7 Å². The third-order valence-corrected chi connectivity index (χ3v) is 3.46. The Bertz CT molecular complexity index is 357. The minimum atomic E-state index is -0.835. The Kier molecular flexibility index (Phi) is 5.79. The van der Waals surface area contributed by atoms with Crippen molar-refractivity contribution in [3.05, 3.63) is 0 Å². The maximum atomic E-state index is 12.1. The minimum Gasteiger partial charge on any atom is -0.481 e. The molecule has 1 aliphatic carbocycles. The zero-order valence-corrected chi connectivity index (χ0v) is 11.5. The van der Waals surface area contributed by atoms with E-state index in [4.69, 9.17) is 5.11 Å². The van der Waals surface area contributed by atoms with Crippen molar-refractivity contribution in [1.29, 1.82) is 0 Å². The first-order valence-electron chi connectivity index (χ1n) is 6.70. The maximum Gasteiger partial charge on any atom is 0.306 e. The lowest BCUT2D eigenvalue weighted by molar-refractivity contribution is -0.142. The SMILES string of the molecule is CCCNC(=O)CN(C)C(=O)[C@@H]1CC[C@H](C(=O)O)C1. The second-order valence-electron chi connectivity index (χ2n) is 5.09. The largest absolute Gasteiger partial charge is 0.481 e. The van der Waals surface area contributed by atoms with Gasteiger partial charge in [-0.15, -0.1) is 0 Å². The van der Waals surface area contributed by atoms with Gasteiger partial charge in [0.05, 0.1) is 12.5 Å². The molecule has 0 heterocycles. The zero-order chi connectivity index (χ0) is 14.4. The van der Waals surface area contributed by atoms with Crippen molar-refractivity contribution in [3.8, 4) is 0 Å². The molecule has 0 saturated heterocycles. The Hall–Kier alpha value is -1.59. The normalized spacial score (nSPS) is 22.0. The van der Waals surface area contributed by atoms with Crippen LogP contribution in [0.4, 0.5) is 0 Å². The minimum absolute atomic E-state index is 0.0348. The summed E-state index contributed by atoms with van der Waals surface area (Å²) < 4.78 is 0. The molecule has 2 atom stereocenters. The van der Waals surface area contributed by atoms with Crippen LogP contribution in [0, 0.1) is 11.8 Å². The van der Waals surface area contributed by atoms with Crippen LogP contribution < -0.4 is 5.32 Å². The molecule has 6 nitrogen and oxygen atoms in total. The number of carboxylic acid groups (broad SMARTS) is 1. The molecule has 1 rings (SSSR count). The van der Waals surface area contributed by atoms with Gasteiger partial charge in [-0.3, -0.25) is 14.4 Å². The number of carboxylic acids is 1. The molecule has 108 valence electrons. The number of amides is 2. The van der Waals surface area contributed by atoms with E-state index in [9.17, 15) is 14.4 Å². The van der Waals surface area contributed by atoms with Crippen LogP contribution in [0.25, 0.3) is 0 Å². The zero-order valence-electron chi connectivity index (χ0n) is 11.5. The van der Waals surface area contributed by atoms with Crippen LogP contribution in [0.5, 0.6) is 0 Å². The topological polar surface area (TPSA) is 86.7 Å². The number of nitrogens with zero attached hydrogens (tertiary/aromatic N) is 1. The summed E-state index contributed by atoms with van der Waals surface area (Å²) in [5.74, 6) is -1.82. The third kappa shape index (κ3) is 4.54. The van der Waals surface area contributed by atoms with E-state index in [2.05, 4.69) is 5.32 Å². The molecule has 0 unspecified atom stereocenters. The van der Waals surface area contributed by atoms with E-state index in [0.29, 0.717) is 25.8 Å². The molecule has 1 fully saturated rings. The molecule has 0 aromatic heterocycles. The van der Waals surface area contributed by atoms with E-state index in [1.54, 1.807) is 7.05 Å². The second kappa shape index (κ2) is 7.11. The molecule has 19 heavy (non-hydrogen) atoms. The van der Waals surface area contributed by atoms with E-state index in [-0.39, 0.29) is 24.3 Å². The molecular formula is C13H22N2O4. The van der Waals surface area contributed by atoms with Crippen LogP contribution in [-0.2, 0) is 14.4 Å². The summed E-state index contributed by atoms with van der Waals surface area (Å²) in [5.41, 5.74) is 0. The number of hydrogen-bond acceptors (Lipinski definition) is 3. The van der Waals surface area contributed by atoms with Gasteiger partial charge in [0.2, 0.25) is 11.8 Å². The van der Waals surface area contributed by atoms with Gasteiger partial charge in [-0.25, -0.2) is 0 Å². The van der Waals surface area contributed by atoms with Gasteiger partial charge in [0, 0.05) is 19.5 Å². The lowest BCUT2D eigenvalue weighted by Gasteiger charge is -2.20. The molecule has 0 aromatic rings. The molecule has 2 amide bonds. The van der Waals surface area contributed by atoms with E-state index >= 15 is 0 Å². The Morgan fingerprint density at radius 2 is 1.89 bits per heavy atom. The molecule has 0 spiro atoms. The van der Waals surface area contributed by atoms with Gasteiger partial charge in [0.1, 0.15) is 0 Å². The number of likely N-dealkylation sites (N-methyl/N-ethyl adjacent to an activating group) is 1. The molecule has 0 radical (unpaired) electrons. The average molecular weight is 270 g/mol. The smallest absolute Gasteiger partial charge is 0.306 e. The molecule has 2 N–H and O–H groups in total. The van der Waals surface area contributed by atoms with Crippen molar-refractivity contribution < 1.29 is 19.5 Å². The van der Waals surface area contributed by atoms with Gasteiger partial charge in [0.25, 0.3) is 0 Å². The first kappa shape index (κ1) is 15.5. The Morgan fingerprint density at radius 3 is 2.42 bits per heavy atom. The highest BCUT2D eigenvalue weighted by atomic mass is 16.4. The Morgan fingerprint density at radius 1 is 1.26 bits per heavy atom. The highest BCUT2D eigenvalue weighted by molar-refractivity contribution is 5.86. The maximum absolute atomic E-state index is 12.1. The van der Waals surface area contributed by atoms with Crippen LogP contribution >= 0.6 is 0 Å². The van der Waals surface area contributed by atoms with Crippen molar-refractivity contribution in [1.82, 2.24) is 10.2 Å². The van der Waals surface area contributed by atoms with Crippen LogP contribution in [0.3, 0.4) is 0 Å². The van der Waals surface area contributed by atoms with Crippen molar-refractivity contribution in [2.75, 3.05) is 20.1 Å². The summed E-state index contributed by atoms with van der Waals surface area (Å²) in [5, 5.41) is 11.6. The van der Waals surface area contributed by atoms with E-state index < -0.39 is 11.9 Å². The van der Waals surface area contributed by atoms with Crippen LogP contribution in [-0.4, -0.2) is 47.9 Å². The first-order chi connectivity index (χ1) is 8.95. The molecule has 6 heteroatoms. The Labute approximate surface area is 113 Å². The first-order valence-corrected chi connectivity index (χ1v) is 6.70. The fourth-order valence-corrected chi connectivity index (χ4v) is 2.36. The van der Waals surface area contributed by atoms with Crippen molar-refractivity contribution >= 4 is 17.8 Å². The standard InChI is InChI=1S/C13H22N2O4/c1-3-6-14-11(16)8-15(2)12(17)9-4-5-10(7-9)13(18)19/h9-10H,3-8H2,1-2H3,(H,14,16)(H,18,19)/t9-,10+/m1/s1. The quantitative estimate of drug-likeness (QED) is 0.734. The van der Waals surface area contributed by atoms with Gasteiger partial charge < -0.3 is 15.3 Å². The molecular weight excluding hydrogens is 248 g/mol. The lowest BCUT2D eigenvalue weighted by atomic mass is 10.0. The van der Waals surface area contributed by atoms with E-state index in [0.717, 1.165) is 6.42 Å². The second-order valence-corrected chi connectivity index (χ2v) is 5.09. The van der Waals surface area contributed by atoms with Crippen molar-refractivity contribution in [2.45, 2.75) is 32.6 Å². The Balaban J connectivity index is 2.41. The summed E-state index contributed by atoms with van der Waals surface area (Å²) in [6, 6.07) is 0. The molecule has 0 aliphatic heterocycles. The fourth-order valence-electron chi connectivity index (χ4n) is 2.36. The third-order valence-electron chi connectivity index (χ3n) is 3.46. The molecule has 0 aromatic carbocycles. The highest BCUT2D eigenvalue weighted by Crippen LogP contribution is 2.32. The predicted octanol–water partition coefficient (Wildman–Crippen LogP) is 0.472. The number of rotatable bonds is 6. The summed E-state index contributed by atoms with van der Waals surface area (Å²) >= 11 is 0. The monoisotopic (exact) mass is 270 g/mol. The predicted molar refractivity (Wildman–Crippen MR) is 69.4 cm³/mol.